The third-order valence-electron chi connectivity index (χ3n) is 3.72. The molecule has 25 heavy (non-hydrogen) atoms. The molecule has 0 aliphatic heterocycles. The highest BCUT2D eigenvalue weighted by molar-refractivity contribution is 5.60. The van der Waals surface area contributed by atoms with E-state index in [0.717, 1.165) is 22.8 Å². The molecule has 4 aromatic rings. The Morgan fingerprint density at radius 3 is 2.48 bits per heavy atom. The minimum atomic E-state index is 0.688. The molecule has 0 atom stereocenters. The Morgan fingerprint density at radius 1 is 1.00 bits per heavy atom. The first-order chi connectivity index (χ1) is 12.2. The minimum Gasteiger partial charge on any atom is -0.497 e. The Hall–Kier alpha value is -3.55. The molecule has 8 heteroatoms. The summed E-state index contributed by atoms with van der Waals surface area (Å²) in [4.78, 5) is 8.92. The van der Waals surface area contributed by atoms with Crippen LogP contribution in [0.25, 0.3) is 22.9 Å². The van der Waals surface area contributed by atoms with Crippen LogP contribution in [0, 0.1) is 6.92 Å². The molecule has 0 N–H and O–H groups in total. The predicted octanol–water partition coefficient (Wildman–Crippen LogP) is 2.23. The van der Waals surface area contributed by atoms with Gasteiger partial charge >= 0.3 is 0 Å². The van der Waals surface area contributed by atoms with Gasteiger partial charge in [-0.15, -0.1) is 10.2 Å². The van der Waals surface area contributed by atoms with E-state index in [2.05, 4.69) is 25.3 Å². The van der Waals surface area contributed by atoms with E-state index in [1.54, 1.807) is 35.2 Å². The summed E-state index contributed by atoms with van der Waals surface area (Å²) >= 11 is 0. The monoisotopic (exact) mass is 333 g/mol. The van der Waals surface area contributed by atoms with Gasteiger partial charge in [-0.3, -0.25) is 4.57 Å². The molecule has 0 aliphatic rings. The summed E-state index contributed by atoms with van der Waals surface area (Å²) < 4.78 is 8.76. The van der Waals surface area contributed by atoms with Gasteiger partial charge in [0.1, 0.15) is 30.0 Å². The Labute approximate surface area is 143 Å². The van der Waals surface area contributed by atoms with Crippen LogP contribution >= 0.6 is 0 Å². The number of rotatable bonds is 4. The Bertz CT molecular complexity index is 990. The van der Waals surface area contributed by atoms with Crippen molar-refractivity contribution in [1.82, 2.24) is 34.5 Å². The maximum absolute atomic E-state index is 5.21. The van der Waals surface area contributed by atoms with Crippen molar-refractivity contribution in [3.8, 4) is 28.6 Å². The van der Waals surface area contributed by atoms with E-state index in [4.69, 9.17) is 4.74 Å². The van der Waals surface area contributed by atoms with E-state index >= 15 is 0 Å². The third kappa shape index (κ3) is 2.85. The fraction of sp³-hybridized carbons (Fsp3) is 0.118. The third-order valence-corrected chi connectivity index (χ3v) is 3.72. The van der Waals surface area contributed by atoms with Crippen molar-refractivity contribution >= 4 is 0 Å². The molecule has 0 amide bonds. The van der Waals surface area contributed by atoms with Crippen LogP contribution in [0.15, 0.2) is 55.2 Å². The molecule has 8 nitrogen and oxygen atoms in total. The second kappa shape index (κ2) is 6.16. The number of aromatic nitrogens is 7. The van der Waals surface area contributed by atoms with E-state index < -0.39 is 0 Å². The topological polar surface area (TPSA) is 83.5 Å². The summed E-state index contributed by atoms with van der Waals surface area (Å²) in [7, 11) is 1.64. The average molecular weight is 333 g/mol. The highest BCUT2D eigenvalue weighted by Gasteiger charge is 2.13. The van der Waals surface area contributed by atoms with Gasteiger partial charge in [0, 0.05) is 11.8 Å². The molecule has 0 spiro atoms. The highest BCUT2D eigenvalue weighted by atomic mass is 16.5. The second-order valence-electron chi connectivity index (χ2n) is 5.36. The average Bonchev–Trinajstić information content (AvgIpc) is 3.32. The normalized spacial score (nSPS) is 10.8. The van der Waals surface area contributed by atoms with Gasteiger partial charge in [-0.25, -0.2) is 14.6 Å². The Morgan fingerprint density at radius 2 is 1.76 bits per heavy atom. The van der Waals surface area contributed by atoms with Crippen molar-refractivity contribution in [2.75, 3.05) is 7.11 Å². The van der Waals surface area contributed by atoms with Crippen LogP contribution in [-0.2, 0) is 0 Å². The molecule has 4 rings (SSSR count). The van der Waals surface area contributed by atoms with Gasteiger partial charge in [0.2, 0.25) is 0 Å². The number of pyridine rings is 1. The van der Waals surface area contributed by atoms with Crippen LogP contribution in [0.5, 0.6) is 5.75 Å². The predicted molar refractivity (Wildman–Crippen MR) is 90.8 cm³/mol. The van der Waals surface area contributed by atoms with Gasteiger partial charge in [-0.1, -0.05) is 0 Å². The number of ether oxygens (including phenoxy) is 1. The second-order valence-corrected chi connectivity index (χ2v) is 5.36. The number of hydrogen-bond donors (Lipinski definition) is 0. The lowest BCUT2D eigenvalue weighted by atomic mass is 10.2. The van der Waals surface area contributed by atoms with Gasteiger partial charge in [-0.05, 0) is 43.3 Å². The molecular formula is C17H15N7O. The number of aryl methyl sites for hydroxylation is 1. The maximum atomic E-state index is 5.21. The van der Waals surface area contributed by atoms with E-state index in [0.29, 0.717) is 11.6 Å². The lowest BCUT2D eigenvalue weighted by molar-refractivity contribution is 0.414. The van der Waals surface area contributed by atoms with E-state index in [9.17, 15) is 0 Å². The number of benzene rings is 1. The highest BCUT2D eigenvalue weighted by Crippen LogP contribution is 2.23. The van der Waals surface area contributed by atoms with Gasteiger partial charge in [0.15, 0.2) is 5.82 Å². The minimum absolute atomic E-state index is 0.688. The van der Waals surface area contributed by atoms with Crippen molar-refractivity contribution in [3.05, 3.63) is 61.1 Å². The van der Waals surface area contributed by atoms with Crippen LogP contribution in [-0.4, -0.2) is 41.6 Å². The summed E-state index contributed by atoms with van der Waals surface area (Å²) in [6.45, 7) is 1.87. The van der Waals surface area contributed by atoms with Crippen LogP contribution in [0.2, 0.25) is 0 Å². The molecule has 3 aromatic heterocycles. The molecule has 3 heterocycles. The van der Waals surface area contributed by atoms with Crippen molar-refractivity contribution in [2.45, 2.75) is 6.92 Å². The van der Waals surface area contributed by atoms with Gasteiger partial charge < -0.3 is 4.74 Å². The number of hydrogen-bond acceptors (Lipinski definition) is 6. The summed E-state index contributed by atoms with van der Waals surface area (Å²) in [5.74, 6) is 2.93. The summed E-state index contributed by atoms with van der Waals surface area (Å²) in [6.07, 6.45) is 4.93. The van der Waals surface area contributed by atoms with E-state index in [-0.39, 0.29) is 0 Å². The van der Waals surface area contributed by atoms with Crippen molar-refractivity contribution in [3.63, 3.8) is 0 Å². The van der Waals surface area contributed by atoms with Crippen LogP contribution in [0.1, 0.15) is 5.82 Å². The molecule has 124 valence electrons. The van der Waals surface area contributed by atoms with Crippen LogP contribution < -0.4 is 4.74 Å². The SMILES string of the molecule is COc1ccc(-n2nc(C)nc2-c2ccnc(-n3cnnc3)c2)cc1. The zero-order valence-corrected chi connectivity index (χ0v) is 13.7. The smallest absolute Gasteiger partial charge is 0.163 e. The molecular weight excluding hydrogens is 318 g/mol. The van der Waals surface area contributed by atoms with Gasteiger partial charge in [0.05, 0.1) is 12.8 Å². The van der Waals surface area contributed by atoms with Crippen LogP contribution in [0.3, 0.4) is 0 Å². The molecule has 0 aliphatic carbocycles. The van der Waals surface area contributed by atoms with Gasteiger partial charge in [0.25, 0.3) is 0 Å². The molecule has 0 fully saturated rings. The van der Waals surface area contributed by atoms with E-state index in [1.165, 1.54) is 0 Å². The largest absolute Gasteiger partial charge is 0.497 e. The summed E-state index contributed by atoms with van der Waals surface area (Å²) in [5, 5.41) is 12.1. The first-order valence-electron chi connectivity index (χ1n) is 7.64. The molecule has 1 aromatic carbocycles. The van der Waals surface area contributed by atoms with Crippen LogP contribution in [0.4, 0.5) is 0 Å². The molecule has 0 bridgehead atoms. The fourth-order valence-electron chi connectivity index (χ4n) is 2.52. The van der Waals surface area contributed by atoms with Gasteiger partial charge in [-0.2, -0.15) is 5.10 Å². The fourth-order valence-corrected chi connectivity index (χ4v) is 2.52. The molecule has 0 saturated carbocycles. The summed E-state index contributed by atoms with van der Waals surface area (Å²) in [6, 6.07) is 11.5. The molecule has 0 radical (unpaired) electrons. The van der Waals surface area contributed by atoms with E-state index in [1.807, 2.05) is 43.3 Å². The quantitative estimate of drug-likeness (QED) is 0.569. The number of methoxy groups -OCH3 is 1. The zero-order chi connectivity index (χ0) is 17.2. The molecule has 0 unspecified atom stereocenters. The summed E-state index contributed by atoms with van der Waals surface area (Å²) in [5.41, 5.74) is 1.80. The first-order valence-corrected chi connectivity index (χ1v) is 7.64. The maximum Gasteiger partial charge on any atom is 0.163 e. The molecule has 0 saturated heterocycles. The Kier molecular flexibility index (Phi) is 3.70. The number of nitrogens with zero attached hydrogens (tertiary/aromatic N) is 7. The van der Waals surface area contributed by atoms with Crippen molar-refractivity contribution in [2.24, 2.45) is 0 Å². The van der Waals surface area contributed by atoms with Crippen molar-refractivity contribution in [1.29, 1.82) is 0 Å². The zero-order valence-electron chi connectivity index (χ0n) is 13.7. The standard InChI is InChI=1S/C17H15N7O/c1-12-21-17(24(22-12)14-3-5-15(25-2)6-4-14)13-7-8-18-16(9-13)23-10-19-20-11-23/h3-11H,1-2H3. The lowest BCUT2D eigenvalue weighted by Gasteiger charge is -2.08. The lowest BCUT2D eigenvalue weighted by Crippen LogP contribution is -2.01. The van der Waals surface area contributed by atoms with Crippen molar-refractivity contribution < 1.29 is 4.74 Å². The Balaban J connectivity index is 1.80. The first kappa shape index (κ1) is 15.0.